The molecule has 8 heteroatoms. The minimum atomic E-state index is -0.830. The lowest BCUT2D eigenvalue weighted by Gasteiger charge is -2.23. The van der Waals surface area contributed by atoms with E-state index in [-0.39, 0.29) is 12.5 Å². The van der Waals surface area contributed by atoms with Crippen molar-refractivity contribution in [3.63, 3.8) is 0 Å². The molecule has 29 heavy (non-hydrogen) atoms. The predicted octanol–water partition coefficient (Wildman–Crippen LogP) is 2.10. The smallest absolute Gasteiger partial charge is 0.334 e. The summed E-state index contributed by atoms with van der Waals surface area (Å²) in [5.74, 6) is 0.326. The second kappa shape index (κ2) is 12.5. The van der Waals surface area contributed by atoms with Gasteiger partial charge in [0.1, 0.15) is 17.8 Å². The number of aliphatic hydroxyl groups excluding tert-OH is 1. The van der Waals surface area contributed by atoms with E-state index < -0.39 is 24.0 Å². The predicted molar refractivity (Wildman–Crippen MR) is 115 cm³/mol. The minimum absolute atomic E-state index is 0.0941. The van der Waals surface area contributed by atoms with Gasteiger partial charge in [0.2, 0.25) is 12.3 Å². The van der Waals surface area contributed by atoms with Crippen LogP contribution in [0, 0.1) is 19.8 Å². The van der Waals surface area contributed by atoms with Crippen molar-refractivity contribution in [2.75, 3.05) is 12.0 Å². The number of carbonyl (C=O) groups excluding carboxylic acids is 3. The topological polar surface area (TPSA) is 105 Å². The fourth-order valence-electron chi connectivity index (χ4n) is 3.03. The van der Waals surface area contributed by atoms with Gasteiger partial charge in [0.15, 0.2) is 0 Å². The fourth-order valence-corrected chi connectivity index (χ4v) is 3.50. The Morgan fingerprint density at radius 2 is 1.83 bits per heavy atom. The zero-order valence-electron chi connectivity index (χ0n) is 17.8. The van der Waals surface area contributed by atoms with Gasteiger partial charge in [-0.15, -0.1) is 0 Å². The Kier molecular flexibility index (Phi) is 10.8. The summed E-state index contributed by atoms with van der Waals surface area (Å²) in [4.78, 5) is 36.3. The molecule has 2 amide bonds. The van der Waals surface area contributed by atoms with E-state index in [1.165, 1.54) is 0 Å². The summed E-state index contributed by atoms with van der Waals surface area (Å²) in [7, 11) is 0. The molecule has 162 valence electrons. The van der Waals surface area contributed by atoms with E-state index in [0.717, 1.165) is 16.7 Å². The highest BCUT2D eigenvalue weighted by Gasteiger charge is 2.28. The second-order valence-corrected chi connectivity index (χ2v) is 8.43. The van der Waals surface area contributed by atoms with Gasteiger partial charge >= 0.3 is 5.97 Å². The summed E-state index contributed by atoms with van der Waals surface area (Å²) in [6, 6.07) is 2.00. The number of ether oxygens (including phenoxy) is 1. The van der Waals surface area contributed by atoms with E-state index >= 15 is 0 Å². The van der Waals surface area contributed by atoms with Crippen molar-refractivity contribution in [1.29, 1.82) is 0 Å². The molecule has 0 radical (unpaired) electrons. The number of hydrogen-bond donors (Lipinski definition) is 3. The number of carbonyl (C=O) groups is 3. The van der Waals surface area contributed by atoms with Crippen LogP contribution in [0.3, 0.4) is 0 Å². The van der Waals surface area contributed by atoms with Gasteiger partial charge in [-0.05, 0) is 61.3 Å². The first-order valence-corrected chi connectivity index (χ1v) is 11.0. The van der Waals surface area contributed by atoms with Crippen LogP contribution in [-0.2, 0) is 21.0 Å². The first-order chi connectivity index (χ1) is 13.7. The number of hydrogen-bond acceptors (Lipinski definition) is 6. The van der Waals surface area contributed by atoms with Crippen LogP contribution in [0.4, 0.5) is 0 Å². The van der Waals surface area contributed by atoms with Gasteiger partial charge in [-0.1, -0.05) is 26.0 Å². The summed E-state index contributed by atoms with van der Waals surface area (Å²) in [6.45, 7) is 7.42. The number of esters is 1. The van der Waals surface area contributed by atoms with Gasteiger partial charge in [-0.3, -0.25) is 9.59 Å². The molecule has 0 aromatic heterocycles. The van der Waals surface area contributed by atoms with Crippen molar-refractivity contribution in [3.05, 3.63) is 28.8 Å². The van der Waals surface area contributed by atoms with Gasteiger partial charge in [-0.2, -0.15) is 11.8 Å². The molecule has 1 aromatic carbocycles. The number of aryl methyl sites for hydroxylation is 2. The third-order valence-electron chi connectivity index (χ3n) is 4.41. The molecule has 0 bridgehead atoms. The Labute approximate surface area is 177 Å². The van der Waals surface area contributed by atoms with Gasteiger partial charge in [0.25, 0.3) is 0 Å². The van der Waals surface area contributed by atoms with Gasteiger partial charge in [-0.25, -0.2) is 4.79 Å². The molecular weight excluding hydrogens is 392 g/mol. The second-order valence-electron chi connectivity index (χ2n) is 7.45. The molecule has 2 atom stereocenters. The Morgan fingerprint density at radius 1 is 1.21 bits per heavy atom. The van der Waals surface area contributed by atoms with E-state index in [1.54, 1.807) is 37.7 Å². The lowest BCUT2D eigenvalue weighted by atomic mass is 10.0. The van der Waals surface area contributed by atoms with Crippen molar-refractivity contribution < 1.29 is 24.2 Å². The summed E-state index contributed by atoms with van der Waals surface area (Å²) < 4.78 is 5.63. The summed E-state index contributed by atoms with van der Waals surface area (Å²) in [5.41, 5.74) is 2.21. The quantitative estimate of drug-likeness (QED) is 0.270. The molecule has 0 saturated carbocycles. The fraction of sp³-hybridized carbons (Fsp3) is 0.571. The van der Waals surface area contributed by atoms with Crippen molar-refractivity contribution in [1.82, 2.24) is 10.6 Å². The maximum atomic E-state index is 12.9. The molecule has 7 nitrogen and oxygen atoms in total. The molecule has 0 heterocycles. The molecule has 0 aliphatic carbocycles. The normalized spacial score (nSPS) is 12.9. The van der Waals surface area contributed by atoms with Crippen molar-refractivity contribution in [3.8, 4) is 5.75 Å². The monoisotopic (exact) mass is 424 g/mol. The molecule has 1 rings (SSSR count). The zero-order valence-corrected chi connectivity index (χ0v) is 18.6. The average molecular weight is 425 g/mol. The van der Waals surface area contributed by atoms with E-state index in [4.69, 9.17) is 4.74 Å². The number of nitrogens with one attached hydrogen (secondary N) is 2. The lowest BCUT2D eigenvalue weighted by molar-refractivity contribution is -0.140. The van der Waals surface area contributed by atoms with E-state index in [2.05, 4.69) is 10.6 Å². The van der Waals surface area contributed by atoms with Crippen molar-refractivity contribution >= 4 is 30.0 Å². The standard InChI is InChI=1S/C21H32N2O5S/c1-13(2)8-18(23-20(26)17(22-12-25)6-7-29-5)21(27)28-19-14(3)9-16(11-24)10-15(19)4/h9-10,12-13,17-18,24H,6-8,11H2,1-5H3,(H,22,25)(H,23,26). The summed E-state index contributed by atoms with van der Waals surface area (Å²) in [5, 5.41) is 14.6. The summed E-state index contributed by atoms with van der Waals surface area (Å²) in [6.07, 6.45) is 3.29. The lowest BCUT2D eigenvalue weighted by Crippen LogP contribution is -2.51. The number of thioether (sulfide) groups is 1. The van der Waals surface area contributed by atoms with Crippen molar-refractivity contribution in [2.24, 2.45) is 5.92 Å². The van der Waals surface area contributed by atoms with Gasteiger partial charge in [0.05, 0.1) is 6.61 Å². The third-order valence-corrected chi connectivity index (χ3v) is 5.05. The maximum absolute atomic E-state index is 12.9. The van der Waals surface area contributed by atoms with E-state index in [0.29, 0.717) is 30.8 Å². The average Bonchev–Trinajstić information content (AvgIpc) is 2.66. The van der Waals surface area contributed by atoms with Crippen LogP contribution in [0.15, 0.2) is 12.1 Å². The maximum Gasteiger partial charge on any atom is 0.334 e. The highest BCUT2D eigenvalue weighted by Crippen LogP contribution is 2.26. The van der Waals surface area contributed by atoms with Crippen LogP contribution in [0.25, 0.3) is 0 Å². The number of benzene rings is 1. The summed E-state index contributed by atoms with van der Waals surface area (Å²) >= 11 is 1.57. The SMILES string of the molecule is CSCCC(NC=O)C(=O)NC(CC(C)C)C(=O)Oc1c(C)cc(CO)cc1C. The minimum Gasteiger partial charge on any atom is -0.424 e. The molecule has 3 N–H and O–H groups in total. The number of amides is 2. The number of rotatable bonds is 12. The van der Waals surface area contributed by atoms with E-state index in [1.807, 2.05) is 20.1 Å². The first-order valence-electron chi connectivity index (χ1n) is 9.65. The highest BCUT2D eigenvalue weighted by molar-refractivity contribution is 7.98. The van der Waals surface area contributed by atoms with Crippen LogP contribution in [-0.4, -0.2) is 47.5 Å². The molecule has 1 aromatic rings. The molecule has 0 spiro atoms. The third kappa shape index (κ3) is 8.06. The Hall–Kier alpha value is -2.06. The van der Waals surface area contributed by atoms with Crippen LogP contribution in [0.5, 0.6) is 5.75 Å². The van der Waals surface area contributed by atoms with Crippen LogP contribution >= 0.6 is 11.8 Å². The van der Waals surface area contributed by atoms with Crippen LogP contribution < -0.4 is 15.4 Å². The Bertz CT molecular complexity index is 685. The molecule has 2 unspecified atom stereocenters. The molecule has 0 aliphatic rings. The van der Waals surface area contributed by atoms with Gasteiger partial charge < -0.3 is 20.5 Å². The zero-order chi connectivity index (χ0) is 22.0. The Morgan fingerprint density at radius 3 is 2.31 bits per heavy atom. The van der Waals surface area contributed by atoms with Crippen LogP contribution in [0.2, 0.25) is 0 Å². The number of aliphatic hydroxyl groups is 1. The largest absolute Gasteiger partial charge is 0.424 e. The van der Waals surface area contributed by atoms with Crippen molar-refractivity contribution in [2.45, 2.75) is 59.2 Å². The molecule has 0 fully saturated rings. The molecule has 0 aliphatic heterocycles. The Balaban J connectivity index is 2.98. The first kappa shape index (κ1) is 25.0. The molecular formula is C21H32N2O5S. The van der Waals surface area contributed by atoms with E-state index in [9.17, 15) is 19.5 Å². The molecule has 0 saturated heterocycles. The highest BCUT2D eigenvalue weighted by atomic mass is 32.2. The van der Waals surface area contributed by atoms with Crippen LogP contribution in [0.1, 0.15) is 43.4 Å². The van der Waals surface area contributed by atoms with Gasteiger partial charge in [0, 0.05) is 0 Å².